The van der Waals surface area contributed by atoms with Crippen molar-refractivity contribution in [1.29, 1.82) is 0 Å². The molecular weight excluding hydrogens is 430 g/mol. The summed E-state index contributed by atoms with van der Waals surface area (Å²) >= 11 is 1.34. The van der Waals surface area contributed by atoms with Gasteiger partial charge in [-0.25, -0.2) is 4.79 Å². The zero-order valence-electron chi connectivity index (χ0n) is 18.3. The van der Waals surface area contributed by atoms with E-state index in [1.807, 2.05) is 43.5 Å². The van der Waals surface area contributed by atoms with Gasteiger partial charge < -0.3 is 20.6 Å². The van der Waals surface area contributed by atoms with Gasteiger partial charge in [0.25, 0.3) is 5.91 Å². The number of amides is 3. The van der Waals surface area contributed by atoms with Crippen molar-refractivity contribution < 1.29 is 24.3 Å². The van der Waals surface area contributed by atoms with Crippen molar-refractivity contribution in [2.24, 2.45) is 0 Å². The lowest BCUT2D eigenvalue weighted by atomic mass is 9.97. The minimum Gasteiger partial charge on any atom is -0.481 e. The summed E-state index contributed by atoms with van der Waals surface area (Å²) in [6.45, 7) is 5.57. The number of rotatable bonds is 6. The van der Waals surface area contributed by atoms with Crippen LogP contribution < -0.4 is 10.6 Å². The molecule has 1 aliphatic heterocycles. The fourth-order valence-electron chi connectivity index (χ4n) is 3.75. The number of likely N-dealkylation sites (N-methyl/N-ethyl adjacent to an activating group) is 1. The summed E-state index contributed by atoms with van der Waals surface area (Å²) in [6.07, 6.45) is 1.07. The zero-order valence-corrected chi connectivity index (χ0v) is 19.1. The van der Waals surface area contributed by atoms with E-state index in [9.17, 15) is 24.3 Å². The van der Waals surface area contributed by atoms with E-state index in [0.29, 0.717) is 10.5 Å². The first-order chi connectivity index (χ1) is 15.1. The third-order valence-corrected chi connectivity index (χ3v) is 6.37. The van der Waals surface area contributed by atoms with Crippen molar-refractivity contribution >= 4 is 35.0 Å². The number of hydrogen-bond donors (Lipinski definition) is 3. The Morgan fingerprint density at radius 2 is 1.84 bits per heavy atom. The summed E-state index contributed by atoms with van der Waals surface area (Å²) in [7, 11) is 1.50. The predicted octanol–water partition coefficient (Wildman–Crippen LogP) is 3.16. The molecule has 8 nitrogen and oxygen atoms in total. The van der Waals surface area contributed by atoms with Crippen LogP contribution in [-0.4, -0.2) is 46.8 Å². The molecule has 1 aromatic heterocycles. The van der Waals surface area contributed by atoms with E-state index in [1.54, 1.807) is 6.92 Å². The Balaban J connectivity index is 1.81. The third-order valence-electron chi connectivity index (χ3n) is 5.33. The molecule has 168 valence electrons. The Bertz CT molecular complexity index is 1100. The lowest BCUT2D eigenvalue weighted by molar-refractivity contribution is -0.138. The van der Waals surface area contributed by atoms with Crippen LogP contribution in [0.2, 0.25) is 0 Å². The highest BCUT2D eigenvalue weighted by Crippen LogP contribution is 2.34. The third kappa shape index (κ3) is 4.88. The Kier molecular flexibility index (Phi) is 6.78. The monoisotopic (exact) mass is 455 g/mol. The number of Topliss-reactive ketones (excluding diaryl/α,β-unsaturated/α-hetero) is 1. The largest absolute Gasteiger partial charge is 0.481 e. The van der Waals surface area contributed by atoms with Crippen LogP contribution in [0.15, 0.2) is 41.4 Å². The number of carboxylic acid groups (broad SMARTS) is 1. The Hall–Kier alpha value is -3.46. The maximum atomic E-state index is 12.6. The number of benzene rings is 1. The molecule has 0 bridgehead atoms. The maximum Gasteiger partial charge on any atom is 0.316 e. The number of urea groups is 1. The smallest absolute Gasteiger partial charge is 0.316 e. The quantitative estimate of drug-likeness (QED) is 0.579. The van der Waals surface area contributed by atoms with Crippen molar-refractivity contribution in [1.82, 2.24) is 15.5 Å². The number of nitrogens with one attached hydrogen (secondary N) is 2. The van der Waals surface area contributed by atoms with Gasteiger partial charge in [-0.05, 0) is 54.5 Å². The second kappa shape index (κ2) is 9.35. The number of ketones is 1. The zero-order chi connectivity index (χ0) is 23.6. The number of thiophene rings is 1. The van der Waals surface area contributed by atoms with Gasteiger partial charge in [0.15, 0.2) is 11.8 Å². The van der Waals surface area contributed by atoms with Crippen molar-refractivity contribution in [2.45, 2.75) is 39.3 Å². The molecule has 0 aliphatic carbocycles. The molecule has 1 aliphatic rings. The van der Waals surface area contributed by atoms with Crippen molar-refractivity contribution in [3.05, 3.63) is 57.4 Å². The van der Waals surface area contributed by atoms with E-state index in [-0.39, 0.29) is 6.42 Å². The average Bonchev–Trinajstić information content (AvgIpc) is 3.18. The molecule has 1 unspecified atom stereocenters. The second-order valence-corrected chi connectivity index (χ2v) is 8.77. The normalized spacial score (nSPS) is 17.1. The van der Waals surface area contributed by atoms with Gasteiger partial charge in [-0.15, -0.1) is 11.3 Å². The summed E-state index contributed by atoms with van der Waals surface area (Å²) in [4.78, 5) is 50.6. The van der Waals surface area contributed by atoms with Gasteiger partial charge in [0, 0.05) is 23.7 Å². The number of aliphatic carboxylic acids is 1. The Morgan fingerprint density at radius 1 is 1.19 bits per heavy atom. The van der Waals surface area contributed by atoms with E-state index in [4.69, 9.17) is 0 Å². The highest BCUT2D eigenvalue weighted by atomic mass is 32.1. The van der Waals surface area contributed by atoms with E-state index >= 15 is 0 Å². The van der Waals surface area contributed by atoms with Crippen LogP contribution in [0.1, 0.15) is 35.4 Å². The van der Waals surface area contributed by atoms with Crippen LogP contribution in [0, 0.1) is 13.8 Å². The molecule has 0 saturated carbocycles. The molecule has 3 N–H and O–H groups in total. The predicted molar refractivity (Wildman–Crippen MR) is 121 cm³/mol. The van der Waals surface area contributed by atoms with E-state index in [0.717, 1.165) is 22.3 Å². The summed E-state index contributed by atoms with van der Waals surface area (Å²) in [6, 6.07) is 4.90. The van der Waals surface area contributed by atoms with Crippen LogP contribution in [-0.2, 0) is 14.4 Å². The van der Waals surface area contributed by atoms with E-state index < -0.39 is 35.8 Å². The summed E-state index contributed by atoms with van der Waals surface area (Å²) in [5.41, 5.74) is 4.54. The molecule has 0 spiro atoms. The van der Waals surface area contributed by atoms with Crippen LogP contribution >= 0.6 is 11.3 Å². The molecule has 0 radical (unpaired) electrons. The molecule has 9 heteroatoms. The molecule has 2 aromatic rings. The van der Waals surface area contributed by atoms with Gasteiger partial charge in [-0.1, -0.05) is 18.2 Å². The highest BCUT2D eigenvalue weighted by Gasteiger charge is 2.35. The number of carboxylic acids is 1. The van der Waals surface area contributed by atoms with Gasteiger partial charge in [0.2, 0.25) is 0 Å². The molecule has 3 rings (SSSR count). The minimum absolute atomic E-state index is 0.342. The van der Waals surface area contributed by atoms with Crippen molar-refractivity contribution in [3.63, 3.8) is 0 Å². The number of nitrogens with zero attached hydrogens (tertiary/aromatic N) is 1. The molecular formula is C23H25N3O5S. The van der Waals surface area contributed by atoms with Crippen LogP contribution in [0.25, 0.3) is 11.1 Å². The van der Waals surface area contributed by atoms with Gasteiger partial charge in [-0.2, -0.15) is 0 Å². The standard InChI is InChI=1S/C23H25N3O5S/c1-12-6-5-7-13(2)19(12)15-8-17(32-11-15)16(9-18(27)28)24-23(31)25-20-21(29)14(3)10-26(4)22(20)30/h5-8,10-11,16,20H,9H2,1-4H3,(H,27,28)(H2,24,25,31)/t16-,20?/m0/s1. The average molecular weight is 456 g/mol. The SMILES string of the molecule is CC1=CN(C)C(=O)C(NC(=O)N[C@@H](CC(=O)O)c2cc(-c3c(C)cccc3C)cs2)C1=O. The Labute approximate surface area is 189 Å². The highest BCUT2D eigenvalue weighted by molar-refractivity contribution is 7.10. The first-order valence-corrected chi connectivity index (χ1v) is 10.9. The number of hydrogen-bond acceptors (Lipinski definition) is 5. The molecule has 32 heavy (non-hydrogen) atoms. The number of aryl methyl sites for hydroxylation is 2. The van der Waals surface area contributed by atoms with Crippen LogP contribution in [0.5, 0.6) is 0 Å². The first-order valence-electron chi connectivity index (χ1n) is 10.0. The summed E-state index contributed by atoms with van der Waals surface area (Å²) < 4.78 is 0. The van der Waals surface area contributed by atoms with E-state index in [1.165, 1.54) is 29.5 Å². The fourth-order valence-corrected chi connectivity index (χ4v) is 4.70. The van der Waals surface area contributed by atoms with Crippen molar-refractivity contribution in [3.8, 4) is 11.1 Å². The lowest BCUT2D eigenvalue weighted by Crippen LogP contribution is -2.56. The molecule has 2 heterocycles. The van der Waals surface area contributed by atoms with Crippen LogP contribution in [0.4, 0.5) is 4.79 Å². The lowest BCUT2D eigenvalue weighted by Gasteiger charge is -2.27. The van der Waals surface area contributed by atoms with Gasteiger partial charge >= 0.3 is 12.0 Å². The molecule has 2 atom stereocenters. The Morgan fingerprint density at radius 3 is 2.47 bits per heavy atom. The van der Waals surface area contributed by atoms with E-state index in [2.05, 4.69) is 10.6 Å². The summed E-state index contributed by atoms with van der Waals surface area (Å²) in [5, 5.41) is 16.3. The van der Waals surface area contributed by atoms with Crippen molar-refractivity contribution in [2.75, 3.05) is 7.05 Å². The minimum atomic E-state index is -1.34. The summed E-state index contributed by atoms with van der Waals surface area (Å²) in [5.74, 6) is -2.13. The second-order valence-electron chi connectivity index (χ2n) is 7.83. The maximum absolute atomic E-state index is 12.6. The molecule has 0 saturated heterocycles. The number of carbonyl (C=O) groups is 4. The van der Waals surface area contributed by atoms with Gasteiger partial charge in [0.05, 0.1) is 12.5 Å². The molecule has 0 fully saturated rings. The number of carbonyl (C=O) groups excluding carboxylic acids is 3. The molecule has 1 aromatic carbocycles. The van der Waals surface area contributed by atoms with Gasteiger partial charge in [-0.3, -0.25) is 14.4 Å². The van der Waals surface area contributed by atoms with Gasteiger partial charge in [0.1, 0.15) is 0 Å². The van der Waals surface area contributed by atoms with Crippen LogP contribution in [0.3, 0.4) is 0 Å². The fraction of sp³-hybridized carbons (Fsp3) is 0.304. The first kappa shape index (κ1) is 23.2. The molecule has 3 amide bonds. The topological polar surface area (TPSA) is 116 Å².